The minimum absolute atomic E-state index is 0.334. The van der Waals surface area contributed by atoms with Gasteiger partial charge in [0.1, 0.15) is 6.04 Å². The molecule has 0 aromatic carbocycles. The number of rotatable bonds is 4. The lowest BCUT2D eigenvalue weighted by molar-refractivity contribution is -0.297. The van der Waals surface area contributed by atoms with Gasteiger partial charge in [0.25, 0.3) is 5.91 Å². The van der Waals surface area contributed by atoms with Gasteiger partial charge in [-0.05, 0) is 35.7 Å². The minimum atomic E-state index is -1.42. The number of hydrogen-bond acceptors (Lipinski definition) is 6. The third-order valence-corrected chi connectivity index (χ3v) is 4.01. The lowest BCUT2D eigenvalue weighted by Crippen LogP contribution is -2.38. The average Bonchev–Trinajstić information content (AvgIpc) is 3.23. The zero-order chi connectivity index (χ0) is 15.5. The number of carboxylic acids is 1. The van der Waals surface area contributed by atoms with Gasteiger partial charge in [0.2, 0.25) is 0 Å². The zero-order valence-corrected chi connectivity index (χ0v) is 12.1. The van der Waals surface area contributed by atoms with Crippen LogP contribution in [0.15, 0.2) is 58.6 Å². The number of carbonyl (C=O) groups excluding carboxylic acids is 2. The summed E-state index contributed by atoms with van der Waals surface area (Å²) in [5.74, 6) is -1.31. The molecule has 0 aliphatic carbocycles. The molecule has 7 heteroatoms. The fourth-order valence-corrected chi connectivity index (χ4v) is 2.90. The molecular weight excluding hydrogens is 304 g/mol. The summed E-state index contributed by atoms with van der Waals surface area (Å²) in [5.41, 5.74) is 3.60. The van der Waals surface area contributed by atoms with Crippen LogP contribution in [0.5, 0.6) is 0 Å². The Morgan fingerprint density at radius 2 is 2.18 bits per heavy atom. The summed E-state index contributed by atoms with van der Waals surface area (Å²) >= 11 is 1.50. The van der Waals surface area contributed by atoms with Crippen LogP contribution in [0, 0.1) is 0 Å². The number of nitrogens with zero attached hydrogens (tertiary/aromatic N) is 1. The summed E-state index contributed by atoms with van der Waals surface area (Å²) in [5, 5.41) is 13.7. The van der Waals surface area contributed by atoms with Gasteiger partial charge in [-0.15, -0.1) is 11.3 Å². The number of furan rings is 1. The van der Waals surface area contributed by atoms with Crippen molar-refractivity contribution >= 4 is 28.9 Å². The largest absolute Gasteiger partial charge is 0.545 e. The van der Waals surface area contributed by atoms with E-state index in [0.717, 1.165) is 11.0 Å². The average molecular weight is 315 g/mol. The van der Waals surface area contributed by atoms with Crippen molar-refractivity contribution < 1.29 is 19.1 Å². The van der Waals surface area contributed by atoms with E-state index in [1.54, 1.807) is 18.4 Å². The van der Waals surface area contributed by atoms with E-state index in [1.165, 1.54) is 16.3 Å². The van der Waals surface area contributed by atoms with Crippen LogP contribution in [-0.4, -0.2) is 16.9 Å². The van der Waals surface area contributed by atoms with Gasteiger partial charge >= 0.3 is 0 Å². The minimum Gasteiger partial charge on any atom is -0.545 e. The molecule has 1 aliphatic rings. The van der Waals surface area contributed by atoms with Crippen LogP contribution in [0.4, 0.5) is 0 Å². The molecule has 0 bridgehead atoms. The lowest BCUT2D eigenvalue weighted by atomic mass is 10.2. The molecule has 2 aromatic rings. The highest BCUT2D eigenvalue weighted by atomic mass is 32.1. The second kappa shape index (κ2) is 5.90. The number of hydrogen-bond donors (Lipinski definition) is 1. The number of nitrogens with one attached hydrogen (secondary N) is 1. The van der Waals surface area contributed by atoms with Gasteiger partial charge in [-0.25, -0.2) is 5.01 Å². The second-order valence-corrected chi connectivity index (χ2v) is 5.47. The Morgan fingerprint density at radius 3 is 2.82 bits per heavy atom. The number of thiophene rings is 1. The molecule has 1 amide bonds. The topological polar surface area (TPSA) is 85.6 Å². The molecule has 3 rings (SSSR count). The van der Waals surface area contributed by atoms with E-state index in [4.69, 9.17) is 4.42 Å². The Hall–Kier alpha value is -2.80. The lowest BCUT2D eigenvalue weighted by Gasteiger charge is -2.22. The predicted octanol–water partition coefficient (Wildman–Crippen LogP) is 1.08. The van der Waals surface area contributed by atoms with Gasteiger partial charge in [0.15, 0.2) is 5.76 Å². The van der Waals surface area contributed by atoms with Crippen molar-refractivity contribution in [2.75, 3.05) is 0 Å². The van der Waals surface area contributed by atoms with Crippen molar-refractivity contribution in [1.29, 1.82) is 0 Å². The first-order chi connectivity index (χ1) is 10.6. The Morgan fingerprint density at radius 1 is 1.32 bits per heavy atom. The molecule has 0 fully saturated rings. The highest BCUT2D eigenvalue weighted by Gasteiger charge is 2.31. The van der Waals surface area contributed by atoms with E-state index < -0.39 is 11.9 Å². The number of carboxylic acid groups (broad SMARTS) is 1. The molecule has 1 N–H and O–H groups in total. The highest BCUT2D eigenvalue weighted by molar-refractivity contribution is 7.10. The van der Waals surface area contributed by atoms with Crippen molar-refractivity contribution in [2.45, 2.75) is 6.04 Å². The fourth-order valence-electron chi connectivity index (χ4n) is 2.12. The Labute approximate surface area is 129 Å². The van der Waals surface area contributed by atoms with Crippen molar-refractivity contribution in [3.05, 3.63) is 64.8 Å². The van der Waals surface area contributed by atoms with Crippen molar-refractivity contribution in [3.63, 3.8) is 0 Å². The normalized spacial score (nSPS) is 17.5. The first kappa shape index (κ1) is 14.2. The summed E-state index contributed by atoms with van der Waals surface area (Å²) in [4.78, 5) is 23.6. The molecule has 0 radical (unpaired) electrons. The molecule has 2 aromatic heterocycles. The van der Waals surface area contributed by atoms with Gasteiger partial charge in [-0.3, -0.25) is 10.2 Å². The smallest absolute Gasteiger partial charge is 0.265 e. The third kappa shape index (κ3) is 2.79. The zero-order valence-electron chi connectivity index (χ0n) is 11.3. The van der Waals surface area contributed by atoms with E-state index in [1.807, 2.05) is 23.6 Å². The van der Waals surface area contributed by atoms with Crippen LogP contribution in [-0.2, 0) is 9.59 Å². The second-order valence-electron chi connectivity index (χ2n) is 4.49. The molecule has 6 nitrogen and oxygen atoms in total. The standard InChI is InChI=1S/C15H12N2O4S/c18-14(5-6-15(19)20)17-11(13-4-2-8-22-13)9-10(16-17)12-3-1-7-21-12/h1-9,11,16H,(H,19,20)/p-1/t11-/m0/s1. The first-order valence-corrected chi connectivity index (χ1v) is 7.31. The fraction of sp³-hybridized carbons (Fsp3) is 0.0667. The summed E-state index contributed by atoms with van der Waals surface area (Å²) in [7, 11) is 0. The van der Waals surface area contributed by atoms with Crippen molar-refractivity contribution in [2.24, 2.45) is 0 Å². The quantitative estimate of drug-likeness (QED) is 0.853. The molecule has 0 unspecified atom stereocenters. The van der Waals surface area contributed by atoms with Crippen LogP contribution in [0.2, 0.25) is 0 Å². The summed E-state index contributed by atoms with van der Waals surface area (Å²) in [6, 6.07) is 6.98. The van der Waals surface area contributed by atoms with Gasteiger partial charge in [0.05, 0.1) is 17.9 Å². The molecule has 1 aliphatic heterocycles. The Kier molecular flexibility index (Phi) is 3.80. The maximum absolute atomic E-state index is 12.2. The maximum atomic E-state index is 12.2. The number of hydrazine groups is 1. The molecule has 112 valence electrons. The predicted molar refractivity (Wildman–Crippen MR) is 77.9 cm³/mol. The summed E-state index contributed by atoms with van der Waals surface area (Å²) in [6.07, 6.45) is 5.07. The van der Waals surface area contributed by atoms with Gasteiger partial charge < -0.3 is 14.3 Å². The molecule has 3 heterocycles. The molecule has 22 heavy (non-hydrogen) atoms. The van der Waals surface area contributed by atoms with E-state index >= 15 is 0 Å². The Balaban J connectivity index is 1.89. The molecule has 0 saturated heterocycles. The highest BCUT2D eigenvalue weighted by Crippen LogP contribution is 2.33. The van der Waals surface area contributed by atoms with Crippen LogP contribution in [0.25, 0.3) is 5.70 Å². The molecular formula is C15H11N2O4S-. The van der Waals surface area contributed by atoms with Crippen LogP contribution >= 0.6 is 11.3 Å². The van der Waals surface area contributed by atoms with Crippen LogP contribution < -0.4 is 10.5 Å². The van der Waals surface area contributed by atoms with Crippen molar-refractivity contribution in [3.8, 4) is 0 Å². The number of amides is 1. The monoisotopic (exact) mass is 315 g/mol. The molecule has 1 atom stereocenters. The van der Waals surface area contributed by atoms with Crippen LogP contribution in [0.1, 0.15) is 16.7 Å². The van der Waals surface area contributed by atoms with Crippen molar-refractivity contribution in [1.82, 2.24) is 10.4 Å². The molecule has 0 spiro atoms. The summed E-state index contributed by atoms with van der Waals surface area (Å²) < 4.78 is 5.32. The SMILES string of the molecule is O=C([O-])C=CC(=O)N1NC(c2ccco2)=C[C@H]1c1cccs1. The van der Waals surface area contributed by atoms with E-state index in [0.29, 0.717) is 17.5 Å². The molecule has 0 saturated carbocycles. The van der Waals surface area contributed by atoms with Gasteiger partial charge in [0, 0.05) is 11.0 Å². The number of aliphatic carboxylic acids is 1. The van der Waals surface area contributed by atoms with Gasteiger partial charge in [-0.1, -0.05) is 6.07 Å². The van der Waals surface area contributed by atoms with E-state index in [9.17, 15) is 14.7 Å². The number of carbonyl (C=O) groups is 2. The van der Waals surface area contributed by atoms with Gasteiger partial charge in [-0.2, -0.15) is 0 Å². The maximum Gasteiger partial charge on any atom is 0.265 e. The first-order valence-electron chi connectivity index (χ1n) is 6.43. The van der Waals surface area contributed by atoms with E-state index in [-0.39, 0.29) is 6.04 Å². The Bertz CT molecular complexity index is 732. The third-order valence-electron chi connectivity index (χ3n) is 3.06. The van der Waals surface area contributed by atoms with Crippen LogP contribution in [0.3, 0.4) is 0 Å². The van der Waals surface area contributed by atoms with E-state index in [2.05, 4.69) is 5.43 Å². The summed E-state index contributed by atoms with van der Waals surface area (Å²) in [6.45, 7) is 0.